The summed E-state index contributed by atoms with van der Waals surface area (Å²) in [5.74, 6) is -1.27. The van der Waals surface area contributed by atoms with Crippen molar-refractivity contribution in [1.82, 2.24) is 0 Å². The molecule has 11 heavy (non-hydrogen) atoms. The SMILES string of the molecule is C=C(OCCO)C(=O)OCF. The molecule has 5 heteroatoms. The summed E-state index contributed by atoms with van der Waals surface area (Å²) in [6.45, 7) is 1.64. The van der Waals surface area contributed by atoms with Gasteiger partial charge in [0.2, 0.25) is 6.86 Å². The summed E-state index contributed by atoms with van der Waals surface area (Å²) in [5, 5.41) is 8.23. The Morgan fingerprint density at radius 2 is 2.18 bits per heavy atom. The largest absolute Gasteiger partial charge is 0.485 e. The maximum Gasteiger partial charge on any atom is 0.375 e. The standard InChI is InChI=1S/C6H9FO4/c1-5(10-3-2-8)6(9)11-4-7/h8H,1-4H2. The van der Waals surface area contributed by atoms with Crippen molar-refractivity contribution in [3.63, 3.8) is 0 Å². The number of ether oxygens (including phenoxy) is 2. The molecule has 0 unspecified atom stereocenters. The highest BCUT2D eigenvalue weighted by Gasteiger charge is 2.08. The van der Waals surface area contributed by atoms with Crippen molar-refractivity contribution in [2.75, 3.05) is 20.1 Å². The minimum absolute atomic E-state index is 0.0553. The van der Waals surface area contributed by atoms with Gasteiger partial charge in [0.05, 0.1) is 6.61 Å². The van der Waals surface area contributed by atoms with Crippen LogP contribution in [0.3, 0.4) is 0 Å². The van der Waals surface area contributed by atoms with Crippen molar-refractivity contribution < 1.29 is 23.8 Å². The molecule has 64 valence electrons. The molecule has 0 fully saturated rings. The maximum atomic E-state index is 11.3. The maximum absolute atomic E-state index is 11.3. The summed E-state index contributed by atoms with van der Waals surface area (Å²) in [6, 6.07) is 0. The first kappa shape index (κ1) is 9.90. The lowest BCUT2D eigenvalue weighted by atomic mass is 10.6. The summed E-state index contributed by atoms with van der Waals surface area (Å²) in [5.41, 5.74) is 0. The predicted molar refractivity (Wildman–Crippen MR) is 34.2 cm³/mol. The van der Waals surface area contributed by atoms with Gasteiger partial charge in [0.1, 0.15) is 6.61 Å². The Morgan fingerprint density at radius 1 is 1.55 bits per heavy atom. The molecule has 0 aliphatic heterocycles. The molecule has 0 aromatic heterocycles. The van der Waals surface area contributed by atoms with E-state index in [9.17, 15) is 9.18 Å². The van der Waals surface area contributed by atoms with Gasteiger partial charge in [0.25, 0.3) is 0 Å². The van der Waals surface area contributed by atoms with Crippen molar-refractivity contribution >= 4 is 5.97 Å². The van der Waals surface area contributed by atoms with Crippen LogP contribution in [0, 0.1) is 0 Å². The molecule has 0 saturated heterocycles. The fraction of sp³-hybridized carbons (Fsp3) is 0.500. The number of aliphatic hydroxyl groups is 1. The molecular weight excluding hydrogens is 155 g/mol. The number of alkyl halides is 1. The van der Waals surface area contributed by atoms with E-state index in [-0.39, 0.29) is 19.0 Å². The molecule has 0 rings (SSSR count). The average molecular weight is 164 g/mol. The van der Waals surface area contributed by atoms with Gasteiger partial charge in [0, 0.05) is 0 Å². The van der Waals surface area contributed by atoms with E-state index in [0.29, 0.717) is 0 Å². The van der Waals surface area contributed by atoms with Crippen LogP contribution in [0.25, 0.3) is 0 Å². The highest BCUT2D eigenvalue weighted by molar-refractivity contribution is 5.85. The molecule has 0 amide bonds. The van der Waals surface area contributed by atoms with E-state index in [1.165, 1.54) is 0 Å². The summed E-state index contributed by atoms with van der Waals surface area (Å²) < 4.78 is 19.7. The summed E-state index contributed by atoms with van der Waals surface area (Å²) in [7, 11) is 0. The van der Waals surface area contributed by atoms with E-state index in [4.69, 9.17) is 5.11 Å². The number of esters is 1. The molecule has 0 atom stereocenters. The quantitative estimate of drug-likeness (QED) is 0.352. The van der Waals surface area contributed by atoms with Gasteiger partial charge in [0.15, 0.2) is 5.76 Å². The molecule has 0 aliphatic carbocycles. The minimum atomic E-state index is -1.21. The minimum Gasteiger partial charge on any atom is -0.485 e. The fourth-order valence-electron chi connectivity index (χ4n) is 0.358. The number of hydrogen-bond acceptors (Lipinski definition) is 4. The molecule has 0 aliphatic rings. The van der Waals surface area contributed by atoms with E-state index in [0.717, 1.165) is 0 Å². The van der Waals surface area contributed by atoms with Crippen LogP contribution >= 0.6 is 0 Å². The van der Waals surface area contributed by atoms with Gasteiger partial charge >= 0.3 is 5.97 Å². The number of carbonyl (C=O) groups is 1. The van der Waals surface area contributed by atoms with Gasteiger partial charge in [-0.15, -0.1) is 0 Å². The molecule has 0 aromatic carbocycles. The molecule has 0 radical (unpaired) electrons. The number of halogens is 1. The Kier molecular flexibility index (Phi) is 5.10. The van der Waals surface area contributed by atoms with E-state index < -0.39 is 12.8 Å². The van der Waals surface area contributed by atoms with Crippen LogP contribution in [0.15, 0.2) is 12.3 Å². The number of hydrogen-bond donors (Lipinski definition) is 1. The summed E-state index contributed by atoms with van der Waals surface area (Å²) >= 11 is 0. The first-order chi connectivity index (χ1) is 5.22. The van der Waals surface area contributed by atoms with Gasteiger partial charge in [-0.3, -0.25) is 0 Å². The third-order valence-electron chi connectivity index (χ3n) is 0.781. The topological polar surface area (TPSA) is 55.8 Å². The normalized spacial score (nSPS) is 8.91. The lowest BCUT2D eigenvalue weighted by Gasteiger charge is -2.04. The van der Waals surface area contributed by atoms with Crippen LogP contribution in [0.4, 0.5) is 4.39 Å². The van der Waals surface area contributed by atoms with Crippen molar-refractivity contribution in [2.45, 2.75) is 0 Å². The zero-order valence-corrected chi connectivity index (χ0v) is 5.88. The smallest absolute Gasteiger partial charge is 0.375 e. The molecule has 0 heterocycles. The van der Waals surface area contributed by atoms with Gasteiger partial charge in [-0.05, 0) is 6.58 Å². The van der Waals surface area contributed by atoms with Crippen LogP contribution in [0.5, 0.6) is 0 Å². The zero-order valence-electron chi connectivity index (χ0n) is 5.88. The van der Waals surface area contributed by atoms with E-state index in [2.05, 4.69) is 16.1 Å². The summed E-state index contributed by atoms with van der Waals surface area (Å²) in [4.78, 5) is 10.5. The molecule has 0 saturated carbocycles. The van der Waals surface area contributed by atoms with Crippen LogP contribution in [-0.4, -0.2) is 31.2 Å². The Hall–Kier alpha value is -1.10. The van der Waals surface area contributed by atoms with Crippen LogP contribution < -0.4 is 0 Å². The number of carbonyl (C=O) groups excluding carboxylic acids is 1. The van der Waals surface area contributed by atoms with Crippen molar-refractivity contribution in [1.29, 1.82) is 0 Å². The second-order valence-corrected chi connectivity index (χ2v) is 1.54. The monoisotopic (exact) mass is 164 g/mol. The highest BCUT2D eigenvalue weighted by Crippen LogP contribution is 1.96. The second kappa shape index (κ2) is 5.67. The van der Waals surface area contributed by atoms with Gasteiger partial charge in [-0.2, -0.15) is 0 Å². The molecule has 0 bridgehead atoms. The molecule has 4 nitrogen and oxygen atoms in total. The Morgan fingerprint density at radius 3 is 2.64 bits per heavy atom. The first-order valence-corrected chi connectivity index (χ1v) is 2.88. The first-order valence-electron chi connectivity index (χ1n) is 2.88. The van der Waals surface area contributed by atoms with Gasteiger partial charge < -0.3 is 14.6 Å². The van der Waals surface area contributed by atoms with E-state index in [1.54, 1.807) is 0 Å². The zero-order chi connectivity index (χ0) is 8.69. The number of rotatable bonds is 5. The van der Waals surface area contributed by atoms with Gasteiger partial charge in [-0.25, -0.2) is 9.18 Å². The molecule has 0 aromatic rings. The Labute approximate surface area is 63.2 Å². The van der Waals surface area contributed by atoms with Crippen molar-refractivity contribution in [3.8, 4) is 0 Å². The highest BCUT2D eigenvalue weighted by atomic mass is 19.1. The summed E-state index contributed by atoms with van der Waals surface area (Å²) in [6.07, 6.45) is 0. The van der Waals surface area contributed by atoms with Crippen LogP contribution in [-0.2, 0) is 14.3 Å². The lowest BCUT2D eigenvalue weighted by molar-refractivity contribution is -0.147. The Bertz CT molecular complexity index is 146. The fourth-order valence-corrected chi connectivity index (χ4v) is 0.358. The molecule has 1 N–H and O–H groups in total. The number of aliphatic hydroxyl groups excluding tert-OH is 1. The van der Waals surface area contributed by atoms with Gasteiger partial charge in [-0.1, -0.05) is 0 Å². The average Bonchev–Trinajstić information content (AvgIpc) is 2.00. The van der Waals surface area contributed by atoms with Crippen LogP contribution in [0.1, 0.15) is 0 Å². The third kappa shape index (κ3) is 4.32. The Balaban J connectivity index is 3.56. The van der Waals surface area contributed by atoms with Crippen molar-refractivity contribution in [3.05, 3.63) is 12.3 Å². The lowest BCUT2D eigenvalue weighted by Crippen LogP contribution is -2.10. The molecular formula is C6H9FO4. The van der Waals surface area contributed by atoms with Crippen LogP contribution in [0.2, 0.25) is 0 Å². The van der Waals surface area contributed by atoms with E-state index >= 15 is 0 Å². The second-order valence-electron chi connectivity index (χ2n) is 1.54. The predicted octanol–water partition coefficient (Wildman–Crippen LogP) is -0.0208. The van der Waals surface area contributed by atoms with Crippen molar-refractivity contribution in [2.24, 2.45) is 0 Å². The molecule has 0 spiro atoms. The third-order valence-corrected chi connectivity index (χ3v) is 0.781. The van der Waals surface area contributed by atoms with E-state index in [1.807, 2.05) is 0 Å².